The summed E-state index contributed by atoms with van der Waals surface area (Å²) in [5.41, 5.74) is 2.05. The fraction of sp³-hybridized carbons (Fsp3) is 0.652. The molecule has 0 atom stereocenters. The van der Waals surface area contributed by atoms with E-state index in [4.69, 9.17) is 0 Å². The second-order valence-corrected chi connectivity index (χ2v) is 9.32. The maximum atomic E-state index is 12.8. The molecule has 0 bridgehead atoms. The number of hydrogen-bond donors (Lipinski definition) is 2. The van der Waals surface area contributed by atoms with Crippen LogP contribution in [0.15, 0.2) is 24.3 Å². The lowest BCUT2D eigenvalue weighted by Crippen LogP contribution is -2.39. The van der Waals surface area contributed by atoms with E-state index in [2.05, 4.69) is 37.5 Å². The van der Waals surface area contributed by atoms with Crippen LogP contribution in [-0.2, 0) is 15.0 Å². The highest BCUT2D eigenvalue weighted by atomic mass is 16.2. The minimum absolute atomic E-state index is 0.00792. The van der Waals surface area contributed by atoms with Crippen molar-refractivity contribution in [2.24, 2.45) is 11.8 Å². The van der Waals surface area contributed by atoms with E-state index in [1.807, 2.05) is 18.2 Å². The Kier molecular flexibility index (Phi) is 6.23. The smallest absolute Gasteiger partial charge is 0.227 e. The van der Waals surface area contributed by atoms with Gasteiger partial charge in [0.15, 0.2) is 0 Å². The van der Waals surface area contributed by atoms with Gasteiger partial charge in [-0.15, -0.1) is 0 Å². The summed E-state index contributed by atoms with van der Waals surface area (Å²) in [6.45, 7) is 6.48. The Hall–Kier alpha value is -1.84. The normalized spacial score (nSPS) is 23.8. The van der Waals surface area contributed by atoms with Crippen molar-refractivity contribution in [3.63, 3.8) is 0 Å². The van der Waals surface area contributed by atoms with E-state index >= 15 is 0 Å². The maximum absolute atomic E-state index is 12.8. The predicted molar refractivity (Wildman–Crippen MR) is 110 cm³/mol. The number of nitrogens with one attached hydrogen (secondary N) is 2. The van der Waals surface area contributed by atoms with Crippen molar-refractivity contribution in [2.45, 2.75) is 83.6 Å². The van der Waals surface area contributed by atoms with E-state index < -0.39 is 0 Å². The average Bonchev–Trinajstić information content (AvgIpc) is 3.14. The fourth-order valence-corrected chi connectivity index (χ4v) is 4.49. The third-order valence-corrected chi connectivity index (χ3v) is 6.16. The van der Waals surface area contributed by atoms with Crippen molar-refractivity contribution in [3.8, 4) is 0 Å². The minimum Gasteiger partial charge on any atom is -0.353 e. The molecule has 4 nitrogen and oxygen atoms in total. The average molecular weight is 371 g/mol. The molecule has 2 aliphatic rings. The molecule has 0 spiro atoms. The van der Waals surface area contributed by atoms with Crippen molar-refractivity contribution in [2.75, 3.05) is 5.32 Å². The number of anilines is 1. The van der Waals surface area contributed by atoms with Gasteiger partial charge in [0.2, 0.25) is 11.8 Å². The molecule has 2 aliphatic carbocycles. The second kappa shape index (κ2) is 8.45. The van der Waals surface area contributed by atoms with Gasteiger partial charge in [0.05, 0.1) is 0 Å². The highest BCUT2D eigenvalue weighted by molar-refractivity contribution is 5.93. The van der Waals surface area contributed by atoms with Gasteiger partial charge in [-0.1, -0.05) is 51.8 Å². The molecule has 0 aromatic heterocycles. The molecule has 1 aromatic rings. The molecule has 0 saturated heterocycles. The van der Waals surface area contributed by atoms with Crippen molar-refractivity contribution in [3.05, 3.63) is 29.8 Å². The van der Waals surface area contributed by atoms with Crippen molar-refractivity contribution >= 4 is 17.5 Å². The summed E-state index contributed by atoms with van der Waals surface area (Å²) in [4.78, 5) is 25.3. The monoisotopic (exact) mass is 370 g/mol. The molecule has 3 rings (SSSR count). The number of hydrogen-bond acceptors (Lipinski definition) is 2. The molecule has 2 fully saturated rings. The lowest BCUT2D eigenvalue weighted by molar-refractivity contribution is -0.129. The summed E-state index contributed by atoms with van der Waals surface area (Å²) in [5, 5.41) is 6.37. The summed E-state index contributed by atoms with van der Waals surface area (Å²) < 4.78 is 0. The zero-order chi connectivity index (χ0) is 19.4. The molecule has 0 heterocycles. The van der Waals surface area contributed by atoms with Crippen LogP contribution >= 0.6 is 0 Å². The summed E-state index contributed by atoms with van der Waals surface area (Å²) in [5.74, 6) is 0.394. The van der Waals surface area contributed by atoms with Crippen LogP contribution < -0.4 is 10.6 Å². The van der Waals surface area contributed by atoms with Gasteiger partial charge in [-0.2, -0.15) is 0 Å². The van der Waals surface area contributed by atoms with Gasteiger partial charge < -0.3 is 10.6 Å². The number of amides is 2. The zero-order valence-corrected chi connectivity index (χ0v) is 17.0. The number of rotatable bonds is 4. The van der Waals surface area contributed by atoms with Crippen LogP contribution in [0.4, 0.5) is 5.69 Å². The Balaban J connectivity index is 1.52. The zero-order valence-electron chi connectivity index (χ0n) is 17.0. The molecule has 2 amide bonds. The van der Waals surface area contributed by atoms with Gasteiger partial charge in [-0.05, 0) is 55.6 Å². The fourth-order valence-electron chi connectivity index (χ4n) is 4.49. The van der Waals surface area contributed by atoms with Gasteiger partial charge in [-0.3, -0.25) is 9.59 Å². The Morgan fingerprint density at radius 2 is 1.41 bits per heavy atom. The number of carbonyl (C=O) groups is 2. The first-order chi connectivity index (χ1) is 12.8. The van der Waals surface area contributed by atoms with Crippen LogP contribution in [0, 0.1) is 11.8 Å². The Morgan fingerprint density at radius 1 is 0.852 bits per heavy atom. The van der Waals surface area contributed by atoms with Gasteiger partial charge in [0, 0.05) is 23.6 Å². The third-order valence-electron chi connectivity index (χ3n) is 6.16. The van der Waals surface area contributed by atoms with Crippen LogP contribution in [0.1, 0.15) is 77.7 Å². The quantitative estimate of drug-likeness (QED) is 0.801. The summed E-state index contributed by atoms with van der Waals surface area (Å²) in [6.07, 6.45) is 7.93. The highest BCUT2D eigenvalue weighted by Crippen LogP contribution is 2.33. The first kappa shape index (κ1) is 19.9. The topological polar surface area (TPSA) is 58.2 Å². The van der Waals surface area contributed by atoms with Gasteiger partial charge in [-0.25, -0.2) is 0 Å². The summed E-state index contributed by atoms with van der Waals surface area (Å²) in [6, 6.07) is 8.44. The standard InChI is InChI=1S/C23H34N2O2/c1-23(2,3)19-10-6-7-11-20(19)25-22(27)17-14-12-16(13-15-17)21(26)24-18-8-4-5-9-18/h6-7,10-11,16-18H,4-5,8-9,12-15H2,1-3H3,(H,24,26)(H,25,27). The van der Waals surface area contributed by atoms with Gasteiger partial charge in [0.25, 0.3) is 0 Å². The molecule has 1 aromatic carbocycles. The molecule has 2 N–H and O–H groups in total. The van der Waals surface area contributed by atoms with Crippen LogP contribution in [0.2, 0.25) is 0 Å². The van der Waals surface area contributed by atoms with Crippen molar-refractivity contribution in [1.82, 2.24) is 5.32 Å². The van der Waals surface area contributed by atoms with E-state index in [1.165, 1.54) is 12.8 Å². The molecule has 27 heavy (non-hydrogen) atoms. The largest absolute Gasteiger partial charge is 0.353 e. The van der Waals surface area contributed by atoms with Crippen LogP contribution in [-0.4, -0.2) is 17.9 Å². The number of para-hydroxylation sites is 1. The third kappa shape index (κ3) is 5.12. The molecular weight excluding hydrogens is 336 g/mol. The Bertz CT molecular complexity index is 663. The van der Waals surface area contributed by atoms with E-state index in [9.17, 15) is 9.59 Å². The van der Waals surface area contributed by atoms with Crippen molar-refractivity contribution < 1.29 is 9.59 Å². The van der Waals surface area contributed by atoms with E-state index in [-0.39, 0.29) is 29.1 Å². The van der Waals surface area contributed by atoms with Crippen molar-refractivity contribution in [1.29, 1.82) is 0 Å². The molecule has 0 radical (unpaired) electrons. The summed E-state index contributed by atoms with van der Waals surface area (Å²) >= 11 is 0. The molecule has 0 unspecified atom stereocenters. The van der Waals surface area contributed by atoms with E-state index in [0.29, 0.717) is 6.04 Å². The summed E-state index contributed by atoms with van der Waals surface area (Å²) in [7, 11) is 0. The van der Waals surface area contributed by atoms with E-state index in [0.717, 1.165) is 49.8 Å². The molecule has 4 heteroatoms. The molecular formula is C23H34N2O2. The van der Waals surface area contributed by atoms with Gasteiger partial charge in [0.1, 0.15) is 0 Å². The number of benzene rings is 1. The second-order valence-electron chi connectivity index (χ2n) is 9.32. The highest BCUT2D eigenvalue weighted by Gasteiger charge is 2.31. The van der Waals surface area contributed by atoms with E-state index in [1.54, 1.807) is 0 Å². The van der Waals surface area contributed by atoms with Crippen LogP contribution in [0.5, 0.6) is 0 Å². The SMILES string of the molecule is CC(C)(C)c1ccccc1NC(=O)C1CCC(C(=O)NC2CCCC2)CC1. The number of carbonyl (C=O) groups excluding carboxylic acids is 2. The minimum atomic E-state index is -0.0140. The molecule has 0 aliphatic heterocycles. The Labute approximate surface area is 163 Å². The van der Waals surface area contributed by atoms with Gasteiger partial charge >= 0.3 is 0 Å². The lowest BCUT2D eigenvalue weighted by atomic mass is 9.80. The maximum Gasteiger partial charge on any atom is 0.227 e. The lowest BCUT2D eigenvalue weighted by Gasteiger charge is -2.29. The first-order valence-electron chi connectivity index (χ1n) is 10.6. The predicted octanol–water partition coefficient (Wildman–Crippen LogP) is 4.79. The van der Waals surface area contributed by atoms with Crippen LogP contribution in [0.25, 0.3) is 0 Å². The first-order valence-corrected chi connectivity index (χ1v) is 10.6. The molecule has 2 saturated carbocycles. The Morgan fingerprint density at radius 3 is 2.00 bits per heavy atom. The molecule has 148 valence electrons. The van der Waals surface area contributed by atoms with Crippen LogP contribution in [0.3, 0.4) is 0 Å².